The van der Waals surface area contributed by atoms with Crippen LogP contribution in [0, 0.1) is 12.8 Å². The number of aromatic nitrogens is 2. The standard InChI is InChI=1S/C21H20N4O/c1-13-6-8-15(9-7-13)21-22-20(25-26-21)16-10-11-17-18(12-16)23-24-19(17)14-4-2-3-5-14/h6-12,14,19H,2-5H2,1H3. The molecule has 0 radical (unpaired) electrons. The number of aryl methyl sites for hydroxylation is 1. The van der Waals surface area contributed by atoms with Crippen molar-refractivity contribution >= 4 is 5.69 Å². The minimum absolute atomic E-state index is 0.231. The molecule has 1 atom stereocenters. The summed E-state index contributed by atoms with van der Waals surface area (Å²) in [6, 6.07) is 14.5. The summed E-state index contributed by atoms with van der Waals surface area (Å²) in [6.45, 7) is 2.06. The molecule has 1 aromatic heterocycles. The maximum absolute atomic E-state index is 5.45. The van der Waals surface area contributed by atoms with Gasteiger partial charge in [0.05, 0.1) is 5.69 Å². The molecule has 1 unspecified atom stereocenters. The van der Waals surface area contributed by atoms with Crippen LogP contribution < -0.4 is 0 Å². The quantitative estimate of drug-likeness (QED) is 0.582. The van der Waals surface area contributed by atoms with Crippen LogP contribution in [0.15, 0.2) is 57.2 Å². The molecule has 5 heteroatoms. The van der Waals surface area contributed by atoms with Gasteiger partial charge in [-0.25, -0.2) is 0 Å². The summed E-state index contributed by atoms with van der Waals surface area (Å²) in [4.78, 5) is 4.55. The van der Waals surface area contributed by atoms with E-state index in [4.69, 9.17) is 4.52 Å². The second-order valence-corrected chi connectivity index (χ2v) is 7.27. The van der Waals surface area contributed by atoms with Gasteiger partial charge in [-0.3, -0.25) is 0 Å². The van der Waals surface area contributed by atoms with Gasteiger partial charge >= 0.3 is 0 Å². The molecule has 0 amide bonds. The fraction of sp³-hybridized carbons (Fsp3) is 0.333. The van der Waals surface area contributed by atoms with E-state index >= 15 is 0 Å². The number of azo groups is 1. The van der Waals surface area contributed by atoms with Crippen molar-refractivity contribution in [2.24, 2.45) is 16.1 Å². The average molecular weight is 344 g/mol. The van der Waals surface area contributed by atoms with Gasteiger partial charge in [-0.05, 0) is 43.9 Å². The number of hydrogen-bond donors (Lipinski definition) is 0. The van der Waals surface area contributed by atoms with Crippen molar-refractivity contribution in [1.82, 2.24) is 10.1 Å². The molecule has 0 bridgehead atoms. The molecule has 0 spiro atoms. The molecule has 2 heterocycles. The van der Waals surface area contributed by atoms with Crippen LogP contribution in [0.2, 0.25) is 0 Å². The molecule has 2 aliphatic rings. The summed E-state index contributed by atoms with van der Waals surface area (Å²) in [5, 5.41) is 13.1. The summed E-state index contributed by atoms with van der Waals surface area (Å²) in [5.74, 6) is 1.76. The maximum atomic E-state index is 5.45. The lowest BCUT2D eigenvalue weighted by molar-refractivity contribution is 0.432. The van der Waals surface area contributed by atoms with E-state index in [0.29, 0.717) is 17.6 Å². The summed E-state index contributed by atoms with van der Waals surface area (Å²) >= 11 is 0. The zero-order valence-corrected chi connectivity index (χ0v) is 14.7. The van der Waals surface area contributed by atoms with Gasteiger partial charge in [0.25, 0.3) is 5.89 Å². The number of benzene rings is 2. The lowest BCUT2D eigenvalue weighted by atomic mass is 9.91. The van der Waals surface area contributed by atoms with Crippen molar-refractivity contribution < 1.29 is 4.52 Å². The van der Waals surface area contributed by atoms with Gasteiger partial charge in [-0.1, -0.05) is 47.8 Å². The molecule has 3 aromatic rings. The summed E-state index contributed by atoms with van der Waals surface area (Å²) < 4.78 is 5.45. The van der Waals surface area contributed by atoms with E-state index in [-0.39, 0.29) is 6.04 Å². The fourth-order valence-corrected chi connectivity index (χ4v) is 3.98. The highest BCUT2D eigenvalue weighted by Crippen LogP contribution is 2.46. The van der Waals surface area contributed by atoms with Crippen molar-refractivity contribution in [2.75, 3.05) is 0 Å². The van der Waals surface area contributed by atoms with Crippen LogP contribution in [0.5, 0.6) is 0 Å². The van der Waals surface area contributed by atoms with Crippen LogP contribution in [0.3, 0.4) is 0 Å². The number of rotatable bonds is 3. The lowest BCUT2D eigenvalue weighted by Crippen LogP contribution is -2.04. The number of fused-ring (bicyclic) bond motifs is 1. The molecule has 1 aliphatic heterocycles. The fourth-order valence-electron chi connectivity index (χ4n) is 3.98. The van der Waals surface area contributed by atoms with Gasteiger partial charge in [-0.15, -0.1) is 0 Å². The Morgan fingerprint density at radius 3 is 2.54 bits per heavy atom. The van der Waals surface area contributed by atoms with Crippen molar-refractivity contribution in [3.63, 3.8) is 0 Å². The third-order valence-electron chi connectivity index (χ3n) is 5.47. The molecule has 2 aromatic carbocycles. The Labute approximate surface area is 152 Å². The van der Waals surface area contributed by atoms with Crippen molar-refractivity contribution in [3.05, 3.63) is 53.6 Å². The van der Waals surface area contributed by atoms with E-state index in [0.717, 1.165) is 16.8 Å². The molecule has 1 saturated carbocycles. The molecule has 5 rings (SSSR count). The number of hydrogen-bond acceptors (Lipinski definition) is 5. The molecule has 26 heavy (non-hydrogen) atoms. The maximum Gasteiger partial charge on any atom is 0.258 e. The average Bonchev–Trinajstić information content (AvgIpc) is 3.41. The Bertz CT molecular complexity index is 968. The van der Waals surface area contributed by atoms with Gasteiger partial charge in [-0.2, -0.15) is 15.2 Å². The summed E-state index contributed by atoms with van der Waals surface area (Å²) in [6.07, 6.45) is 5.15. The largest absolute Gasteiger partial charge is 0.334 e. The highest BCUT2D eigenvalue weighted by Gasteiger charge is 2.31. The van der Waals surface area contributed by atoms with Crippen LogP contribution >= 0.6 is 0 Å². The first-order valence-electron chi connectivity index (χ1n) is 9.24. The highest BCUT2D eigenvalue weighted by atomic mass is 16.5. The van der Waals surface area contributed by atoms with Crippen molar-refractivity contribution in [1.29, 1.82) is 0 Å². The number of nitrogens with zero attached hydrogens (tertiary/aromatic N) is 4. The van der Waals surface area contributed by atoms with Gasteiger partial charge in [0.15, 0.2) is 0 Å². The minimum Gasteiger partial charge on any atom is -0.334 e. The second kappa shape index (κ2) is 6.16. The molecule has 1 aliphatic carbocycles. The van der Waals surface area contributed by atoms with Gasteiger partial charge in [0.1, 0.15) is 6.04 Å². The zero-order chi connectivity index (χ0) is 17.5. The Kier molecular flexibility index (Phi) is 3.66. The normalized spacial score (nSPS) is 19.2. The highest BCUT2D eigenvalue weighted by molar-refractivity contribution is 5.66. The molecular formula is C21H20N4O. The van der Waals surface area contributed by atoms with Crippen molar-refractivity contribution in [2.45, 2.75) is 38.6 Å². The Morgan fingerprint density at radius 1 is 0.962 bits per heavy atom. The summed E-state index contributed by atoms with van der Waals surface area (Å²) in [5.41, 5.74) is 5.23. The molecular weight excluding hydrogens is 324 g/mol. The van der Waals surface area contributed by atoms with E-state index in [1.165, 1.54) is 36.8 Å². The first-order valence-corrected chi connectivity index (χ1v) is 9.24. The monoisotopic (exact) mass is 344 g/mol. The van der Waals surface area contributed by atoms with E-state index in [2.05, 4.69) is 39.4 Å². The molecule has 0 N–H and O–H groups in total. The van der Waals surface area contributed by atoms with E-state index < -0.39 is 0 Å². The first kappa shape index (κ1) is 15.4. The van der Waals surface area contributed by atoms with Gasteiger partial charge in [0.2, 0.25) is 5.82 Å². The SMILES string of the molecule is Cc1ccc(-c2nc(-c3ccc4c(c3)N=NC4C3CCCC3)no2)cc1. The Balaban J connectivity index is 1.43. The summed E-state index contributed by atoms with van der Waals surface area (Å²) in [7, 11) is 0. The molecule has 130 valence electrons. The Hall–Kier alpha value is -2.82. The van der Waals surface area contributed by atoms with Crippen LogP contribution in [0.4, 0.5) is 5.69 Å². The zero-order valence-electron chi connectivity index (χ0n) is 14.7. The molecule has 0 saturated heterocycles. The van der Waals surface area contributed by atoms with Crippen LogP contribution in [-0.2, 0) is 0 Å². The topological polar surface area (TPSA) is 63.6 Å². The van der Waals surface area contributed by atoms with E-state index in [1.807, 2.05) is 30.3 Å². The third-order valence-corrected chi connectivity index (χ3v) is 5.47. The molecule has 1 fully saturated rings. The predicted octanol–water partition coefficient (Wildman–Crippen LogP) is 6.04. The minimum atomic E-state index is 0.231. The van der Waals surface area contributed by atoms with E-state index in [1.54, 1.807) is 0 Å². The lowest BCUT2D eigenvalue weighted by Gasteiger charge is -2.15. The van der Waals surface area contributed by atoms with Gasteiger partial charge < -0.3 is 4.52 Å². The predicted molar refractivity (Wildman–Crippen MR) is 99.1 cm³/mol. The first-order chi connectivity index (χ1) is 12.8. The van der Waals surface area contributed by atoms with Gasteiger partial charge in [0, 0.05) is 16.7 Å². The Morgan fingerprint density at radius 2 is 1.73 bits per heavy atom. The van der Waals surface area contributed by atoms with Crippen LogP contribution in [0.25, 0.3) is 22.8 Å². The third kappa shape index (κ3) is 2.64. The second-order valence-electron chi connectivity index (χ2n) is 7.27. The van der Waals surface area contributed by atoms with Crippen LogP contribution in [0.1, 0.15) is 42.9 Å². The smallest absolute Gasteiger partial charge is 0.258 e. The van der Waals surface area contributed by atoms with Crippen LogP contribution in [-0.4, -0.2) is 10.1 Å². The van der Waals surface area contributed by atoms with E-state index in [9.17, 15) is 0 Å². The molecule has 5 nitrogen and oxygen atoms in total. The van der Waals surface area contributed by atoms with Crippen molar-refractivity contribution in [3.8, 4) is 22.8 Å².